The molecule has 0 bridgehead atoms. The van der Waals surface area contributed by atoms with Gasteiger partial charge in [-0.15, -0.1) is 12.4 Å². The quantitative estimate of drug-likeness (QED) is 0.833. The monoisotopic (exact) mass is 337 g/mol. The maximum absolute atomic E-state index is 12.4. The van der Waals surface area contributed by atoms with Gasteiger partial charge in [0.25, 0.3) is 11.8 Å². The Morgan fingerprint density at radius 3 is 2.65 bits per heavy atom. The van der Waals surface area contributed by atoms with E-state index in [0.717, 1.165) is 23.3 Å². The van der Waals surface area contributed by atoms with Crippen molar-refractivity contribution in [2.24, 2.45) is 5.73 Å². The molecular weight excluding hydrogens is 318 g/mol. The average Bonchev–Trinajstić information content (AvgIpc) is 3.06. The normalized spacial score (nSPS) is 19.8. The van der Waals surface area contributed by atoms with Crippen LogP contribution in [0.2, 0.25) is 0 Å². The number of aryl methyl sites for hydroxylation is 1. The van der Waals surface area contributed by atoms with Crippen LogP contribution in [0.5, 0.6) is 0 Å². The molecule has 2 N–H and O–H groups in total. The zero-order valence-electron chi connectivity index (χ0n) is 12.9. The Morgan fingerprint density at radius 1 is 1.26 bits per heavy atom. The number of halogens is 1. The first kappa shape index (κ1) is 17.4. The Morgan fingerprint density at radius 2 is 1.96 bits per heavy atom. The van der Waals surface area contributed by atoms with Gasteiger partial charge in [-0.2, -0.15) is 0 Å². The Hall–Kier alpha value is -1.92. The summed E-state index contributed by atoms with van der Waals surface area (Å²) in [4.78, 5) is 39.8. The summed E-state index contributed by atoms with van der Waals surface area (Å²) in [7, 11) is 0. The lowest BCUT2D eigenvalue weighted by molar-refractivity contribution is -0.132. The van der Waals surface area contributed by atoms with Gasteiger partial charge < -0.3 is 10.6 Å². The molecule has 0 spiro atoms. The number of hydrogen-bond acceptors (Lipinski definition) is 4. The van der Waals surface area contributed by atoms with Crippen molar-refractivity contribution in [3.05, 3.63) is 34.9 Å². The zero-order valence-corrected chi connectivity index (χ0v) is 13.8. The summed E-state index contributed by atoms with van der Waals surface area (Å²) in [5.41, 5.74) is 7.34. The lowest BCUT2D eigenvalue weighted by atomic mass is 10.1. The van der Waals surface area contributed by atoms with Crippen molar-refractivity contribution in [1.82, 2.24) is 9.80 Å². The van der Waals surface area contributed by atoms with Gasteiger partial charge in [0, 0.05) is 19.1 Å². The fourth-order valence-electron chi connectivity index (χ4n) is 3.18. The minimum absolute atomic E-state index is 0. The fraction of sp³-hybridized carbons (Fsp3) is 0.438. The van der Waals surface area contributed by atoms with Gasteiger partial charge in [-0.25, -0.2) is 0 Å². The predicted octanol–water partition coefficient (Wildman–Crippen LogP) is 0.963. The SMILES string of the molecule is Cc1ccc2c(c1)C(=O)N(CC(=O)N1CCCC1CN)C2=O.Cl. The molecule has 1 saturated heterocycles. The van der Waals surface area contributed by atoms with Crippen molar-refractivity contribution < 1.29 is 14.4 Å². The molecule has 1 fully saturated rings. The van der Waals surface area contributed by atoms with Gasteiger partial charge in [0.15, 0.2) is 0 Å². The van der Waals surface area contributed by atoms with Gasteiger partial charge in [0.05, 0.1) is 11.1 Å². The minimum Gasteiger partial charge on any atom is -0.337 e. The molecule has 1 aromatic rings. The van der Waals surface area contributed by atoms with Crippen molar-refractivity contribution in [3.63, 3.8) is 0 Å². The number of imide groups is 1. The summed E-state index contributed by atoms with van der Waals surface area (Å²) in [5, 5.41) is 0. The van der Waals surface area contributed by atoms with Crippen molar-refractivity contribution in [2.45, 2.75) is 25.8 Å². The summed E-state index contributed by atoms with van der Waals surface area (Å²) in [6, 6.07) is 5.15. The highest BCUT2D eigenvalue weighted by Crippen LogP contribution is 2.24. The van der Waals surface area contributed by atoms with Crippen LogP contribution in [0.15, 0.2) is 18.2 Å². The Bertz CT molecular complexity index is 662. The molecule has 7 heteroatoms. The molecule has 0 aliphatic carbocycles. The maximum Gasteiger partial charge on any atom is 0.262 e. The van der Waals surface area contributed by atoms with E-state index in [-0.39, 0.29) is 36.8 Å². The number of likely N-dealkylation sites (tertiary alicyclic amines) is 1. The molecule has 23 heavy (non-hydrogen) atoms. The van der Waals surface area contributed by atoms with Crippen LogP contribution < -0.4 is 5.73 Å². The van der Waals surface area contributed by atoms with E-state index in [0.29, 0.717) is 24.2 Å². The molecule has 0 aromatic heterocycles. The third-order valence-corrected chi connectivity index (χ3v) is 4.39. The molecule has 2 heterocycles. The first-order chi connectivity index (χ1) is 10.5. The molecule has 1 atom stereocenters. The summed E-state index contributed by atoms with van der Waals surface area (Å²) < 4.78 is 0. The topological polar surface area (TPSA) is 83.7 Å². The van der Waals surface area contributed by atoms with Crippen LogP contribution in [0.3, 0.4) is 0 Å². The highest BCUT2D eigenvalue weighted by atomic mass is 35.5. The summed E-state index contributed by atoms with van der Waals surface area (Å²) >= 11 is 0. The van der Waals surface area contributed by atoms with E-state index in [1.807, 2.05) is 6.92 Å². The smallest absolute Gasteiger partial charge is 0.262 e. The van der Waals surface area contributed by atoms with Crippen LogP contribution in [0.4, 0.5) is 0 Å². The van der Waals surface area contributed by atoms with E-state index in [2.05, 4.69) is 0 Å². The molecule has 0 radical (unpaired) electrons. The number of carbonyl (C=O) groups is 3. The van der Waals surface area contributed by atoms with Gasteiger partial charge >= 0.3 is 0 Å². The molecule has 0 saturated carbocycles. The maximum atomic E-state index is 12.4. The van der Waals surface area contributed by atoms with Crippen LogP contribution in [-0.4, -0.2) is 53.2 Å². The van der Waals surface area contributed by atoms with Crippen molar-refractivity contribution in [3.8, 4) is 0 Å². The molecule has 3 amide bonds. The van der Waals surface area contributed by atoms with Gasteiger partial charge in [-0.1, -0.05) is 11.6 Å². The van der Waals surface area contributed by atoms with Crippen molar-refractivity contribution in [2.75, 3.05) is 19.6 Å². The fourth-order valence-corrected chi connectivity index (χ4v) is 3.18. The summed E-state index contributed by atoms with van der Waals surface area (Å²) in [6.45, 7) is 2.71. The minimum atomic E-state index is -0.392. The summed E-state index contributed by atoms with van der Waals surface area (Å²) in [6.07, 6.45) is 1.79. The molecule has 1 aromatic carbocycles. The Labute approximate surface area is 141 Å². The molecule has 6 nitrogen and oxygen atoms in total. The first-order valence-electron chi connectivity index (χ1n) is 7.49. The summed E-state index contributed by atoms with van der Waals surface area (Å²) in [5.74, 6) is -0.989. The number of benzene rings is 1. The lowest BCUT2D eigenvalue weighted by Crippen LogP contribution is -2.46. The highest BCUT2D eigenvalue weighted by Gasteiger charge is 2.38. The standard InChI is InChI=1S/C16H19N3O3.ClH/c1-10-4-5-12-13(7-10)16(22)19(15(12)21)9-14(20)18-6-2-3-11(18)8-17;/h4-5,7,11H,2-3,6,8-9,17H2,1H3;1H. The van der Waals surface area contributed by atoms with Gasteiger partial charge in [0.2, 0.25) is 5.91 Å². The predicted molar refractivity (Wildman–Crippen MR) is 87.6 cm³/mol. The van der Waals surface area contributed by atoms with E-state index >= 15 is 0 Å². The number of carbonyl (C=O) groups excluding carboxylic acids is 3. The number of nitrogens with two attached hydrogens (primary N) is 1. The van der Waals surface area contributed by atoms with E-state index in [9.17, 15) is 14.4 Å². The van der Waals surface area contributed by atoms with E-state index in [1.54, 1.807) is 23.1 Å². The van der Waals surface area contributed by atoms with Gasteiger partial charge in [-0.3, -0.25) is 19.3 Å². The second-order valence-corrected chi connectivity index (χ2v) is 5.86. The molecule has 1 unspecified atom stereocenters. The number of nitrogens with zero attached hydrogens (tertiary/aromatic N) is 2. The molecule has 3 rings (SSSR count). The molecule has 2 aliphatic rings. The zero-order chi connectivity index (χ0) is 15.9. The first-order valence-corrected chi connectivity index (χ1v) is 7.49. The van der Waals surface area contributed by atoms with Crippen LogP contribution in [0.1, 0.15) is 39.1 Å². The molecular formula is C16H20ClN3O3. The van der Waals surface area contributed by atoms with Gasteiger partial charge in [0.1, 0.15) is 6.54 Å². The third-order valence-electron chi connectivity index (χ3n) is 4.39. The number of rotatable bonds is 3. The lowest BCUT2D eigenvalue weighted by Gasteiger charge is -2.25. The average molecular weight is 338 g/mol. The number of fused-ring (bicyclic) bond motifs is 1. The van der Waals surface area contributed by atoms with Crippen LogP contribution in [0, 0.1) is 6.92 Å². The number of amides is 3. The van der Waals surface area contributed by atoms with E-state index in [1.165, 1.54) is 0 Å². The number of hydrogen-bond donors (Lipinski definition) is 1. The van der Waals surface area contributed by atoms with Crippen molar-refractivity contribution >= 4 is 30.1 Å². The molecule has 124 valence electrons. The highest BCUT2D eigenvalue weighted by molar-refractivity contribution is 6.22. The Balaban J connectivity index is 0.00000192. The second kappa shape index (κ2) is 6.68. The van der Waals surface area contributed by atoms with Gasteiger partial charge in [-0.05, 0) is 31.9 Å². The van der Waals surface area contributed by atoms with Crippen LogP contribution in [-0.2, 0) is 4.79 Å². The third kappa shape index (κ3) is 2.96. The van der Waals surface area contributed by atoms with E-state index in [4.69, 9.17) is 5.73 Å². The molecule has 2 aliphatic heterocycles. The second-order valence-electron chi connectivity index (χ2n) is 5.86. The van der Waals surface area contributed by atoms with Crippen molar-refractivity contribution in [1.29, 1.82) is 0 Å². The van der Waals surface area contributed by atoms with E-state index < -0.39 is 5.91 Å². The Kier molecular flexibility index (Phi) is 5.06. The van der Waals surface area contributed by atoms with Crippen LogP contribution in [0.25, 0.3) is 0 Å². The van der Waals surface area contributed by atoms with Crippen LogP contribution >= 0.6 is 12.4 Å². The largest absolute Gasteiger partial charge is 0.337 e.